The first-order valence-electron chi connectivity index (χ1n) is 10.5. The Morgan fingerprint density at radius 1 is 1.12 bits per heavy atom. The van der Waals surface area contributed by atoms with Crippen LogP contribution in [0.2, 0.25) is 0 Å². The fraction of sp³-hybridized carbons (Fsp3) is 0.280. The summed E-state index contributed by atoms with van der Waals surface area (Å²) in [5.41, 5.74) is 2.53. The molecule has 164 valence electrons. The highest BCUT2D eigenvalue weighted by molar-refractivity contribution is 6.02. The molecule has 1 saturated heterocycles. The zero-order valence-electron chi connectivity index (χ0n) is 18.6. The molecule has 0 spiro atoms. The van der Waals surface area contributed by atoms with Gasteiger partial charge in [-0.2, -0.15) is 4.39 Å². The summed E-state index contributed by atoms with van der Waals surface area (Å²) in [6.07, 6.45) is 2.98. The lowest BCUT2D eigenvalue weighted by Gasteiger charge is -2.46. The number of amides is 1. The molecule has 0 aliphatic carbocycles. The maximum atomic E-state index is 14.3. The molecule has 0 radical (unpaired) electrons. The van der Waals surface area contributed by atoms with Gasteiger partial charge >= 0.3 is 0 Å². The number of nitrogens with one attached hydrogen (secondary N) is 2. The monoisotopic (exact) mass is 431 g/mol. The van der Waals surface area contributed by atoms with E-state index < -0.39 is 17.4 Å². The maximum Gasteiger partial charge on any atom is 0.239 e. The molecule has 2 atom stereocenters. The van der Waals surface area contributed by atoms with E-state index in [2.05, 4.69) is 29.1 Å². The number of hydrogen-bond donors (Lipinski definition) is 2. The van der Waals surface area contributed by atoms with Crippen molar-refractivity contribution >= 4 is 11.9 Å². The molecular weight excluding hydrogens is 405 g/mol. The van der Waals surface area contributed by atoms with E-state index in [0.29, 0.717) is 11.6 Å². The van der Waals surface area contributed by atoms with Crippen LogP contribution in [0.15, 0.2) is 60.9 Å². The van der Waals surface area contributed by atoms with Crippen LogP contribution in [0.1, 0.15) is 49.3 Å². The first kappa shape index (κ1) is 21.6. The molecule has 1 unspecified atom stereocenters. The molecule has 4 rings (SSSR count). The van der Waals surface area contributed by atoms with E-state index in [1.165, 1.54) is 16.7 Å². The van der Waals surface area contributed by atoms with Gasteiger partial charge in [-0.1, -0.05) is 38.1 Å². The van der Waals surface area contributed by atoms with Crippen molar-refractivity contribution in [1.29, 1.82) is 5.41 Å². The number of rotatable bonds is 4. The molecule has 1 aliphatic heterocycles. The fourth-order valence-electron chi connectivity index (χ4n) is 4.22. The number of halogens is 1. The summed E-state index contributed by atoms with van der Waals surface area (Å²) in [5.74, 6) is -0.985. The van der Waals surface area contributed by atoms with Gasteiger partial charge in [-0.15, -0.1) is 0 Å². The second-order valence-electron chi connectivity index (χ2n) is 8.60. The zero-order valence-corrected chi connectivity index (χ0v) is 18.6. The van der Waals surface area contributed by atoms with Crippen LogP contribution in [-0.4, -0.2) is 33.8 Å². The molecule has 7 heteroatoms. The third-order valence-electron chi connectivity index (χ3n) is 6.20. The molecule has 2 N–H and O–H groups in total. The van der Waals surface area contributed by atoms with Crippen molar-refractivity contribution in [3.8, 4) is 11.3 Å². The van der Waals surface area contributed by atoms with Gasteiger partial charge in [0.15, 0.2) is 5.96 Å². The van der Waals surface area contributed by atoms with E-state index in [1.807, 2.05) is 31.2 Å². The Morgan fingerprint density at radius 3 is 2.50 bits per heavy atom. The zero-order chi connectivity index (χ0) is 23.0. The minimum absolute atomic E-state index is 0.0125. The van der Waals surface area contributed by atoms with Crippen LogP contribution in [0.4, 0.5) is 4.39 Å². The van der Waals surface area contributed by atoms with Gasteiger partial charge in [0, 0.05) is 19.4 Å². The third kappa shape index (κ3) is 3.64. The summed E-state index contributed by atoms with van der Waals surface area (Å²) in [4.78, 5) is 22.8. The van der Waals surface area contributed by atoms with Crippen molar-refractivity contribution < 1.29 is 9.18 Å². The minimum Gasteiger partial charge on any atom is -0.346 e. The van der Waals surface area contributed by atoms with Gasteiger partial charge in [0.2, 0.25) is 11.9 Å². The number of likely N-dealkylation sites (N-methyl/N-ethyl adjacent to an activating group) is 1. The topological polar surface area (TPSA) is 82.0 Å². The number of aromatic nitrogens is 2. The predicted octanol–water partition coefficient (Wildman–Crippen LogP) is 4.40. The third-order valence-corrected chi connectivity index (χ3v) is 6.20. The fourth-order valence-corrected chi connectivity index (χ4v) is 4.22. The van der Waals surface area contributed by atoms with Crippen LogP contribution in [0.25, 0.3) is 11.3 Å². The molecule has 3 aromatic rings. The molecule has 32 heavy (non-hydrogen) atoms. The van der Waals surface area contributed by atoms with Crippen molar-refractivity contribution in [2.24, 2.45) is 0 Å². The number of carbonyl (C=O) groups is 1. The van der Waals surface area contributed by atoms with E-state index >= 15 is 0 Å². The van der Waals surface area contributed by atoms with Crippen molar-refractivity contribution in [3.05, 3.63) is 83.6 Å². The second-order valence-corrected chi connectivity index (χ2v) is 8.60. The van der Waals surface area contributed by atoms with Crippen LogP contribution >= 0.6 is 0 Å². The van der Waals surface area contributed by atoms with Gasteiger partial charge in [-0.25, -0.2) is 4.98 Å². The number of hydrogen-bond acceptors (Lipinski definition) is 4. The summed E-state index contributed by atoms with van der Waals surface area (Å²) in [7, 11) is 1.59. The van der Waals surface area contributed by atoms with Crippen molar-refractivity contribution in [2.45, 2.75) is 38.1 Å². The number of guanidine groups is 1. The minimum atomic E-state index is -0.934. The Balaban J connectivity index is 1.84. The predicted molar refractivity (Wildman–Crippen MR) is 122 cm³/mol. The molecular formula is C25H26FN5O. The Bertz CT molecular complexity index is 1180. The van der Waals surface area contributed by atoms with Gasteiger partial charge < -0.3 is 5.32 Å². The van der Waals surface area contributed by atoms with Gasteiger partial charge in [0.1, 0.15) is 0 Å². The van der Waals surface area contributed by atoms with Crippen molar-refractivity contribution in [2.75, 3.05) is 7.05 Å². The number of pyridine rings is 2. The quantitative estimate of drug-likeness (QED) is 0.600. The highest BCUT2D eigenvalue weighted by Gasteiger charge is 2.48. The van der Waals surface area contributed by atoms with Crippen molar-refractivity contribution in [1.82, 2.24) is 20.2 Å². The smallest absolute Gasteiger partial charge is 0.239 e. The van der Waals surface area contributed by atoms with E-state index in [4.69, 9.17) is 5.41 Å². The molecule has 3 heterocycles. The standard InChI is InChI=1S/C25H26FN5O/c1-15(2)16-7-9-17(10-8-16)21-23(32)31(4)24(27)30-25(21,3)18-11-13-28-20(14-18)19-6-5-12-29-22(19)26/h5-15,21H,1-4H3,(H2,27,30)/t21?,25-/m1/s1. The van der Waals surface area contributed by atoms with E-state index in [0.717, 1.165) is 11.1 Å². The van der Waals surface area contributed by atoms with Crippen LogP contribution in [0.3, 0.4) is 0 Å². The lowest BCUT2D eigenvalue weighted by molar-refractivity contribution is -0.131. The van der Waals surface area contributed by atoms with Crippen molar-refractivity contribution in [3.63, 3.8) is 0 Å². The molecule has 1 aromatic carbocycles. The Labute approximate surface area is 187 Å². The number of nitrogens with zero attached hydrogens (tertiary/aromatic N) is 3. The van der Waals surface area contributed by atoms with Gasteiger partial charge in [-0.05, 0) is 53.8 Å². The molecule has 0 bridgehead atoms. The summed E-state index contributed by atoms with van der Waals surface area (Å²) in [6, 6.07) is 14.9. The largest absolute Gasteiger partial charge is 0.346 e. The second kappa shape index (κ2) is 8.15. The van der Waals surface area contributed by atoms with E-state index in [9.17, 15) is 9.18 Å². The first-order valence-corrected chi connectivity index (χ1v) is 10.5. The number of carbonyl (C=O) groups excluding carboxylic acids is 1. The lowest BCUT2D eigenvalue weighted by atomic mass is 9.73. The molecule has 1 amide bonds. The average molecular weight is 432 g/mol. The lowest BCUT2D eigenvalue weighted by Crippen LogP contribution is -2.62. The molecule has 2 aromatic heterocycles. The number of benzene rings is 1. The molecule has 1 fully saturated rings. The maximum absolute atomic E-state index is 14.3. The molecule has 1 aliphatic rings. The summed E-state index contributed by atoms with van der Waals surface area (Å²) in [5, 5.41) is 11.6. The van der Waals surface area contributed by atoms with Gasteiger partial charge in [0.25, 0.3) is 0 Å². The Hall–Kier alpha value is -3.61. The SMILES string of the molecule is CC(C)c1ccc(C2C(=O)N(C)C(=N)N[C@]2(C)c2ccnc(-c3cccnc3F)c2)cc1. The summed E-state index contributed by atoms with van der Waals surface area (Å²) in [6.45, 7) is 6.14. The van der Waals surface area contributed by atoms with Crippen LogP contribution in [-0.2, 0) is 10.3 Å². The molecule has 6 nitrogen and oxygen atoms in total. The van der Waals surface area contributed by atoms with E-state index in [1.54, 1.807) is 37.5 Å². The molecule has 0 saturated carbocycles. The van der Waals surface area contributed by atoms with E-state index in [-0.39, 0.29) is 17.4 Å². The Morgan fingerprint density at radius 2 is 1.84 bits per heavy atom. The summed E-state index contributed by atoms with van der Waals surface area (Å²) < 4.78 is 14.3. The van der Waals surface area contributed by atoms with Crippen LogP contribution in [0, 0.1) is 11.4 Å². The van der Waals surface area contributed by atoms with Gasteiger partial charge in [-0.3, -0.25) is 20.1 Å². The highest BCUT2D eigenvalue weighted by Crippen LogP contribution is 2.41. The normalized spacial score (nSPS) is 21.1. The highest BCUT2D eigenvalue weighted by atomic mass is 19.1. The van der Waals surface area contributed by atoms with Crippen LogP contribution in [0.5, 0.6) is 0 Å². The van der Waals surface area contributed by atoms with Crippen LogP contribution < -0.4 is 5.32 Å². The summed E-state index contributed by atoms with van der Waals surface area (Å²) >= 11 is 0. The Kier molecular flexibility index (Phi) is 5.50. The average Bonchev–Trinajstić information content (AvgIpc) is 2.78. The first-order chi connectivity index (χ1) is 15.2. The van der Waals surface area contributed by atoms with Gasteiger partial charge in [0.05, 0.1) is 22.7 Å².